The van der Waals surface area contributed by atoms with Crippen molar-refractivity contribution < 1.29 is 28.5 Å². The number of rotatable bonds is 7. The summed E-state index contributed by atoms with van der Waals surface area (Å²) in [6.45, 7) is 7.65. The number of carbonyl (C=O) groups excluding carboxylic acids is 2. The number of carbonyl (C=O) groups is 2. The summed E-state index contributed by atoms with van der Waals surface area (Å²) < 4.78 is 22.2. The van der Waals surface area contributed by atoms with Gasteiger partial charge in [0.2, 0.25) is 0 Å². The van der Waals surface area contributed by atoms with Crippen LogP contribution in [-0.2, 0) is 25.4 Å². The molecule has 0 unspecified atom stereocenters. The van der Waals surface area contributed by atoms with E-state index in [4.69, 9.17) is 18.9 Å². The monoisotopic (exact) mass is 417 g/mol. The van der Waals surface area contributed by atoms with E-state index in [-0.39, 0.29) is 18.2 Å². The predicted molar refractivity (Wildman–Crippen MR) is 111 cm³/mol. The van der Waals surface area contributed by atoms with Crippen LogP contribution in [0.4, 0.5) is 0 Å². The summed E-state index contributed by atoms with van der Waals surface area (Å²) in [7, 11) is 4.64. The number of benzene rings is 1. The minimum atomic E-state index is -0.699. The van der Waals surface area contributed by atoms with Crippen molar-refractivity contribution >= 4 is 11.9 Å². The lowest BCUT2D eigenvalue weighted by molar-refractivity contribution is -0.224. The van der Waals surface area contributed by atoms with Crippen molar-refractivity contribution in [3.8, 4) is 5.75 Å². The molecule has 2 fully saturated rings. The van der Waals surface area contributed by atoms with Crippen LogP contribution < -0.4 is 4.74 Å². The smallest absolute Gasteiger partial charge is 0.310 e. The van der Waals surface area contributed by atoms with E-state index in [0.717, 1.165) is 12.8 Å². The molecule has 1 aliphatic heterocycles. The van der Waals surface area contributed by atoms with Crippen LogP contribution in [0.1, 0.15) is 35.7 Å². The third-order valence-corrected chi connectivity index (χ3v) is 6.53. The van der Waals surface area contributed by atoms with Gasteiger partial charge in [-0.2, -0.15) is 0 Å². The van der Waals surface area contributed by atoms with Crippen LogP contribution in [0.25, 0.3) is 0 Å². The Balaban J connectivity index is 1.88. The molecule has 0 bridgehead atoms. The Hall–Kier alpha value is -2.38. The molecule has 2 aliphatic rings. The highest BCUT2D eigenvalue weighted by molar-refractivity contribution is 5.97. The molecular formula is C23H31NO6. The van der Waals surface area contributed by atoms with Gasteiger partial charge in [0.1, 0.15) is 5.75 Å². The largest absolute Gasteiger partial charge is 0.497 e. The van der Waals surface area contributed by atoms with Gasteiger partial charge >= 0.3 is 5.97 Å². The van der Waals surface area contributed by atoms with Crippen molar-refractivity contribution in [1.29, 1.82) is 0 Å². The van der Waals surface area contributed by atoms with Crippen LogP contribution >= 0.6 is 0 Å². The zero-order valence-corrected chi connectivity index (χ0v) is 18.2. The highest BCUT2D eigenvalue weighted by Gasteiger charge is 2.61. The van der Waals surface area contributed by atoms with Gasteiger partial charge in [0.05, 0.1) is 33.9 Å². The van der Waals surface area contributed by atoms with E-state index in [2.05, 4.69) is 13.5 Å². The Bertz CT molecular complexity index is 816. The van der Waals surface area contributed by atoms with Crippen molar-refractivity contribution in [1.82, 2.24) is 4.90 Å². The van der Waals surface area contributed by atoms with Crippen LogP contribution in [0, 0.1) is 11.3 Å². The Morgan fingerprint density at radius 1 is 1.30 bits per heavy atom. The summed E-state index contributed by atoms with van der Waals surface area (Å²) in [5.74, 6) is -0.554. The van der Waals surface area contributed by atoms with Gasteiger partial charge < -0.3 is 23.8 Å². The lowest BCUT2D eigenvalue weighted by atomic mass is 9.75. The zero-order chi connectivity index (χ0) is 21.9. The van der Waals surface area contributed by atoms with Gasteiger partial charge in [-0.05, 0) is 36.1 Å². The van der Waals surface area contributed by atoms with Gasteiger partial charge in [0.15, 0.2) is 5.79 Å². The van der Waals surface area contributed by atoms with Gasteiger partial charge in [-0.3, -0.25) is 9.59 Å². The van der Waals surface area contributed by atoms with Gasteiger partial charge in [0.25, 0.3) is 5.91 Å². The average molecular weight is 418 g/mol. The molecular weight excluding hydrogens is 386 g/mol. The molecule has 1 aromatic rings. The lowest BCUT2D eigenvalue weighted by Gasteiger charge is -2.44. The molecule has 1 spiro atoms. The summed E-state index contributed by atoms with van der Waals surface area (Å²) in [6, 6.07) is 5.11. The fourth-order valence-corrected chi connectivity index (χ4v) is 4.83. The number of hydrogen-bond acceptors (Lipinski definition) is 6. The minimum Gasteiger partial charge on any atom is -0.497 e. The molecule has 30 heavy (non-hydrogen) atoms. The zero-order valence-electron chi connectivity index (χ0n) is 18.2. The van der Waals surface area contributed by atoms with E-state index < -0.39 is 17.2 Å². The third kappa shape index (κ3) is 3.84. The Kier molecular flexibility index (Phi) is 6.53. The quantitative estimate of drug-likeness (QED) is 0.502. The van der Waals surface area contributed by atoms with E-state index >= 15 is 0 Å². The van der Waals surface area contributed by atoms with Crippen LogP contribution in [0.2, 0.25) is 0 Å². The molecule has 1 amide bonds. The van der Waals surface area contributed by atoms with E-state index in [1.807, 2.05) is 6.08 Å². The highest BCUT2D eigenvalue weighted by Crippen LogP contribution is 2.55. The summed E-state index contributed by atoms with van der Waals surface area (Å²) in [5, 5.41) is 0. The molecule has 1 aliphatic carbocycles. The maximum atomic E-state index is 13.4. The summed E-state index contributed by atoms with van der Waals surface area (Å²) in [6.07, 6.45) is 3.61. The van der Waals surface area contributed by atoms with Crippen LogP contribution in [0.15, 0.2) is 30.9 Å². The van der Waals surface area contributed by atoms with Gasteiger partial charge in [-0.15, -0.1) is 6.58 Å². The highest BCUT2D eigenvalue weighted by atomic mass is 16.7. The summed E-state index contributed by atoms with van der Waals surface area (Å²) in [4.78, 5) is 26.9. The van der Waals surface area contributed by atoms with Crippen molar-refractivity contribution in [2.45, 2.75) is 32.0 Å². The molecule has 2 atom stereocenters. The van der Waals surface area contributed by atoms with E-state index in [1.165, 1.54) is 7.11 Å². The van der Waals surface area contributed by atoms with Gasteiger partial charge in [0, 0.05) is 31.0 Å². The molecule has 3 rings (SSSR count). The van der Waals surface area contributed by atoms with Crippen molar-refractivity contribution in [2.24, 2.45) is 11.3 Å². The Morgan fingerprint density at radius 3 is 2.60 bits per heavy atom. The first-order valence-corrected chi connectivity index (χ1v) is 10.2. The molecule has 7 nitrogen and oxygen atoms in total. The number of nitrogens with zero attached hydrogens (tertiary/aromatic N) is 1. The standard InChI is InChI=1S/C23H31NO6/c1-6-17-9-10-23(29-11-12-30-23)22(17,2)15-24(3)21(26)19-8-7-18(27-4)13-16(19)14-20(25)28-5/h6-8,13,17H,1,9-12,14-15H2,2-5H3/t17-,22+/m1/s1. The van der Waals surface area contributed by atoms with Crippen LogP contribution in [0.3, 0.4) is 0 Å². The van der Waals surface area contributed by atoms with Gasteiger partial charge in [-0.1, -0.05) is 13.0 Å². The van der Waals surface area contributed by atoms with Crippen molar-refractivity contribution in [3.05, 3.63) is 42.0 Å². The SMILES string of the molecule is C=C[C@@H]1CCC2(OCCO2)[C@@]1(C)CN(C)C(=O)c1ccc(OC)cc1CC(=O)OC. The normalized spacial score (nSPS) is 24.6. The molecule has 1 saturated carbocycles. The fraction of sp³-hybridized carbons (Fsp3) is 0.565. The lowest BCUT2D eigenvalue weighted by Crippen LogP contribution is -2.52. The summed E-state index contributed by atoms with van der Waals surface area (Å²) in [5.41, 5.74) is 0.589. The Labute approximate surface area is 177 Å². The molecule has 7 heteroatoms. The number of esters is 1. The second-order valence-corrected chi connectivity index (χ2v) is 8.19. The first kappa shape index (κ1) is 22.3. The van der Waals surface area contributed by atoms with Crippen LogP contribution in [0.5, 0.6) is 5.75 Å². The van der Waals surface area contributed by atoms with E-state index in [1.54, 1.807) is 37.3 Å². The molecule has 1 aromatic carbocycles. The number of allylic oxidation sites excluding steroid dienone is 1. The van der Waals surface area contributed by atoms with Crippen molar-refractivity contribution in [3.63, 3.8) is 0 Å². The molecule has 1 heterocycles. The van der Waals surface area contributed by atoms with E-state index in [9.17, 15) is 9.59 Å². The second kappa shape index (κ2) is 8.78. The number of methoxy groups -OCH3 is 2. The summed E-state index contributed by atoms with van der Waals surface area (Å²) >= 11 is 0. The molecule has 0 radical (unpaired) electrons. The predicted octanol–water partition coefficient (Wildman–Crippen LogP) is 2.83. The first-order valence-electron chi connectivity index (χ1n) is 10.2. The van der Waals surface area contributed by atoms with Gasteiger partial charge in [-0.25, -0.2) is 0 Å². The maximum Gasteiger partial charge on any atom is 0.310 e. The number of hydrogen-bond donors (Lipinski definition) is 0. The van der Waals surface area contributed by atoms with Crippen LogP contribution in [-0.4, -0.2) is 63.6 Å². The number of amides is 1. The van der Waals surface area contributed by atoms with Crippen molar-refractivity contribution in [2.75, 3.05) is 41.0 Å². The molecule has 0 aromatic heterocycles. The molecule has 1 saturated heterocycles. The fourth-order valence-electron chi connectivity index (χ4n) is 4.83. The molecule has 164 valence electrons. The average Bonchev–Trinajstić information content (AvgIpc) is 3.33. The molecule has 0 N–H and O–H groups in total. The minimum absolute atomic E-state index is 0.00861. The topological polar surface area (TPSA) is 74.3 Å². The third-order valence-electron chi connectivity index (χ3n) is 6.53. The second-order valence-electron chi connectivity index (χ2n) is 8.19. The maximum absolute atomic E-state index is 13.4. The van der Waals surface area contributed by atoms with E-state index in [0.29, 0.717) is 36.6 Å². The Morgan fingerprint density at radius 2 is 2.00 bits per heavy atom. The number of ether oxygens (including phenoxy) is 4. The first-order chi connectivity index (χ1) is 14.3.